The van der Waals surface area contributed by atoms with E-state index in [0.29, 0.717) is 13.0 Å². The van der Waals surface area contributed by atoms with Gasteiger partial charge in [0, 0.05) is 37.3 Å². The second-order valence-corrected chi connectivity index (χ2v) is 6.93. The number of hydrogen-bond donors (Lipinski definition) is 1. The number of hydrogen-bond acceptors (Lipinski definition) is 4. The summed E-state index contributed by atoms with van der Waals surface area (Å²) in [6, 6.07) is 2.45. The van der Waals surface area contributed by atoms with Crippen molar-refractivity contribution in [2.75, 3.05) is 20.2 Å². The van der Waals surface area contributed by atoms with E-state index < -0.39 is 20.7 Å². The van der Waals surface area contributed by atoms with Crippen molar-refractivity contribution in [3.8, 4) is 0 Å². The molecular weight excluding hydrogens is 307 g/mol. The molecular formula is C12H16ClFN2O3S. The van der Waals surface area contributed by atoms with Gasteiger partial charge in [0.2, 0.25) is 10.0 Å². The van der Waals surface area contributed by atoms with Gasteiger partial charge in [0.15, 0.2) is 0 Å². The van der Waals surface area contributed by atoms with Crippen LogP contribution in [0.3, 0.4) is 0 Å². The van der Waals surface area contributed by atoms with Crippen molar-refractivity contribution in [2.24, 2.45) is 5.73 Å². The lowest BCUT2D eigenvalue weighted by Crippen LogP contribution is -2.31. The number of halogens is 2. The van der Waals surface area contributed by atoms with Crippen molar-refractivity contribution >= 4 is 21.6 Å². The summed E-state index contributed by atoms with van der Waals surface area (Å²) in [5.41, 5.74) is 5.48. The first-order valence-electron chi connectivity index (χ1n) is 6.11. The van der Waals surface area contributed by atoms with Gasteiger partial charge in [-0.1, -0.05) is 11.6 Å². The minimum atomic E-state index is -3.93. The first-order chi connectivity index (χ1) is 9.40. The van der Waals surface area contributed by atoms with E-state index in [4.69, 9.17) is 22.1 Å². The van der Waals surface area contributed by atoms with Crippen molar-refractivity contribution in [2.45, 2.75) is 24.0 Å². The lowest BCUT2D eigenvalue weighted by Gasteiger charge is -2.18. The summed E-state index contributed by atoms with van der Waals surface area (Å²) >= 11 is 5.84. The van der Waals surface area contributed by atoms with Crippen LogP contribution in [0.25, 0.3) is 0 Å². The second-order valence-electron chi connectivity index (χ2n) is 4.59. The van der Waals surface area contributed by atoms with E-state index in [1.54, 1.807) is 0 Å². The van der Waals surface area contributed by atoms with Gasteiger partial charge in [-0.3, -0.25) is 0 Å². The maximum Gasteiger partial charge on any atom is 0.246 e. The van der Waals surface area contributed by atoms with Crippen molar-refractivity contribution in [3.05, 3.63) is 28.5 Å². The molecule has 1 unspecified atom stereocenters. The van der Waals surface area contributed by atoms with Gasteiger partial charge in [0.1, 0.15) is 10.7 Å². The largest absolute Gasteiger partial charge is 0.380 e. The molecule has 0 spiro atoms. The molecule has 2 N–H and O–H groups in total. The first kappa shape index (κ1) is 15.7. The van der Waals surface area contributed by atoms with E-state index in [0.717, 1.165) is 6.07 Å². The quantitative estimate of drug-likeness (QED) is 0.908. The molecule has 5 nitrogen and oxygen atoms in total. The summed E-state index contributed by atoms with van der Waals surface area (Å²) in [5, 5.41) is 0.146. The van der Waals surface area contributed by atoms with Crippen LogP contribution < -0.4 is 5.73 Å². The van der Waals surface area contributed by atoms with Crippen LogP contribution in [-0.4, -0.2) is 39.0 Å². The van der Waals surface area contributed by atoms with E-state index in [-0.39, 0.29) is 29.8 Å². The molecule has 1 aromatic carbocycles. The summed E-state index contributed by atoms with van der Waals surface area (Å²) in [7, 11) is -2.41. The van der Waals surface area contributed by atoms with E-state index in [2.05, 4.69) is 0 Å². The third kappa shape index (κ3) is 2.82. The van der Waals surface area contributed by atoms with Gasteiger partial charge in [-0.15, -0.1) is 0 Å². The molecule has 0 radical (unpaired) electrons. The number of nitrogens with zero attached hydrogens (tertiary/aromatic N) is 1. The standard InChI is InChI=1S/C12H16ClFN2O3S/c1-19-10-2-3-16(7-10)20(17,18)11-5-9(13)4-8(6-15)12(11)14/h4-5,10H,2-3,6-7,15H2,1H3. The zero-order valence-corrected chi connectivity index (χ0v) is 12.5. The van der Waals surface area contributed by atoms with Crippen LogP contribution in [0.15, 0.2) is 17.0 Å². The normalized spacial score (nSPS) is 20.5. The maximum absolute atomic E-state index is 14.2. The SMILES string of the molecule is COC1CCN(S(=O)(=O)c2cc(Cl)cc(CN)c2F)C1. The molecule has 0 aliphatic carbocycles. The van der Waals surface area contributed by atoms with Crippen LogP contribution in [0, 0.1) is 5.82 Å². The smallest absolute Gasteiger partial charge is 0.246 e. The summed E-state index contributed by atoms with van der Waals surface area (Å²) in [6.45, 7) is 0.392. The lowest BCUT2D eigenvalue weighted by molar-refractivity contribution is 0.115. The van der Waals surface area contributed by atoms with E-state index >= 15 is 0 Å². The monoisotopic (exact) mass is 322 g/mol. The van der Waals surface area contributed by atoms with E-state index in [1.165, 1.54) is 17.5 Å². The van der Waals surface area contributed by atoms with Gasteiger partial charge in [-0.25, -0.2) is 12.8 Å². The summed E-state index contributed by atoms with van der Waals surface area (Å²) in [6.07, 6.45) is 0.419. The summed E-state index contributed by atoms with van der Waals surface area (Å²) in [4.78, 5) is -0.429. The molecule has 0 saturated carbocycles. The fourth-order valence-corrected chi connectivity index (χ4v) is 4.13. The number of benzene rings is 1. The molecule has 1 aliphatic rings. The minimum Gasteiger partial charge on any atom is -0.380 e. The third-order valence-electron chi connectivity index (χ3n) is 3.36. The fraction of sp³-hybridized carbons (Fsp3) is 0.500. The predicted octanol–water partition coefficient (Wildman–Crippen LogP) is 1.35. The Morgan fingerprint density at radius 1 is 1.55 bits per heavy atom. The molecule has 0 amide bonds. The van der Waals surface area contributed by atoms with Crippen LogP contribution in [0.2, 0.25) is 5.02 Å². The zero-order valence-electron chi connectivity index (χ0n) is 11.0. The lowest BCUT2D eigenvalue weighted by atomic mass is 10.2. The molecule has 20 heavy (non-hydrogen) atoms. The second kappa shape index (κ2) is 5.95. The minimum absolute atomic E-state index is 0.0820. The Hall–Kier alpha value is -0.730. The Morgan fingerprint density at radius 2 is 2.25 bits per heavy atom. The average molecular weight is 323 g/mol. The van der Waals surface area contributed by atoms with Gasteiger partial charge in [-0.05, 0) is 18.6 Å². The maximum atomic E-state index is 14.2. The molecule has 2 rings (SSSR count). The third-order valence-corrected chi connectivity index (χ3v) is 5.44. The molecule has 8 heteroatoms. The highest BCUT2D eigenvalue weighted by molar-refractivity contribution is 7.89. The van der Waals surface area contributed by atoms with Gasteiger partial charge in [-0.2, -0.15) is 4.31 Å². The van der Waals surface area contributed by atoms with Gasteiger partial charge < -0.3 is 10.5 Å². The number of nitrogens with two attached hydrogens (primary N) is 1. The predicted molar refractivity (Wildman–Crippen MR) is 73.5 cm³/mol. The Morgan fingerprint density at radius 3 is 2.80 bits per heavy atom. The van der Waals surface area contributed by atoms with Crippen LogP contribution >= 0.6 is 11.6 Å². The van der Waals surface area contributed by atoms with Gasteiger partial charge in [0.25, 0.3) is 0 Å². The van der Waals surface area contributed by atoms with Gasteiger partial charge >= 0.3 is 0 Å². The first-order valence-corrected chi connectivity index (χ1v) is 7.93. The van der Waals surface area contributed by atoms with Crippen LogP contribution in [0.4, 0.5) is 4.39 Å². The number of rotatable bonds is 4. The zero-order chi connectivity index (χ0) is 14.9. The highest BCUT2D eigenvalue weighted by Crippen LogP contribution is 2.28. The Bertz CT molecular complexity index is 609. The highest BCUT2D eigenvalue weighted by atomic mass is 35.5. The molecule has 0 aromatic heterocycles. The summed E-state index contributed by atoms with van der Waals surface area (Å²) in [5.74, 6) is -0.835. The molecule has 1 aromatic rings. The summed E-state index contributed by atoms with van der Waals surface area (Å²) < 4.78 is 45.5. The van der Waals surface area contributed by atoms with Crippen molar-refractivity contribution in [1.29, 1.82) is 0 Å². The average Bonchev–Trinajstić information content (AvgIpc) is 2.90. The van der Waals surface area contributed by atoms with Crippen molar-refractivity contribution in [3.63, 3.8) is 0 Å². The van der Waals surface area contributed by atoms with Crippen LogP contribution in [0.1, 0.15) is 12.0 Å². The molecule has 1 heterocycles. The Kier molecular flexibility index (Phi) is 4.66. The van der Waals surface area contributed by atoms with Gasteiger partial charge in [0.05, 0.1) is 6.10 Å². The highest BCUT2D eigenvalue weighted by Gasteiger charge is 2.34. The Labute approximate surface area is 122 Å². The number of ether oxygens (including phenoxy) is 1. The molecule has 0 bridgehead atoms. The number of methoxy groups -OCH3 is 1. The van der Waals surface area contributed by atoms with Crippen molar-refractivity contribution in [1.82, 2.24) is 4.31 Å². The molecule has 112 valence electrons. The molecule has 1 fully saturated rings. The fourth-order valence-electron chi connectivity index (χ4n) is 2.20. The molecule has 1 atom stereocenters. The van der Waals surface area contributed by atoms with E-state index in [9.17, 15) is 12.8 Å². The topological polar surface area (TPSA) is 72.6 Å². The van der Waals surface area contributed by atoms with Crippen LogP contribution in [-0.2, 0) is 21.3 Å². The van der Waals surface area contributed by atoms with Crippen LogP contribution in [0.5, 0.6) is 0 Å². The van der Waals surface area contributed by atoms with Crippen molar-refractivity contribution < 1.29 is 17.5 Å². The molecule has 1 aliphatic heterocycles. The molecule has 1 saturated heterocycles. The van der Waals surface area contributed by atoms with E-state index in [1.807, 2.05) is 0 Å². The number of sulfonamides is 1. The Balaban J connectivity index is 2.42.